The third-order valence-corrected chi connectivity index (χ3v) is 13.1. The SMILES string of the molecule is Clc1nc(-c2ccc3ccccc3c2)nc(-c2ccc3c(c2)oc2ccc(-c4cccc5c4ccc4oc6c(-c7cccc8c7[nH]c7cc9ccccc9cc78)cccc6c45)cc23)n1. The molecular formula is C57H31ClN4O2. The molecule has 0 spiro atoms. The highest BCUT2D eigenvalue weighted by atomic mass is 35.5. The van der Waals surface area contributed by atoms with Crippen LogP contribution in [0.15, 0.2) is 191 Å². The van der Waals surface area contributed by atoms with Crippen molar-refractivity contribution >= 4 is 110 Å². The molecule has 64 heavy (non-hydrogen) atoms. The fourth-order valence-corrected chi connectivity index (χ4v) is 10.1. The van der Waals surface area contributed by atoms with Gasteiger partial charge in [0.25, 0.3) is 0 Å². The van der Waals surface area contributed by atoms with Crippen LogP contribution in [0.2, 0.25) is 5.28 Å². The lowest BCUT2D eigenvalue weighted by molar-refractivity contribution is 0.669. The molecule has 0 radical (unpaired) electrons. The van der Waals surface area contributed by atoms with E-state index in [2.05, 4.69) is 167 Å². The van der Waals surface area contributed by atoms with Gasteiger partial charge in [-0.05, 0) is 104 Å². The molecule has 6 nitrogen and oxygen atoms in total. The quantitative estimate of drug-likeness (QED) is 0.191. The Bertz CT molecular complexity index is 4290. The molecule has 7 heteroatoms. The van der Waals surface area contributed by atoms with E-state index < -0.39 is 0 Å². The van der Waals surface area contributed by atoms with Gasteiger partial charge in [0, 0.05) is 60.1 Å². The zero-order chi connectivity index (χ0) is 42.0. The normalized spacial score (nSPS) is 12.1. The number of benzene rings is 10. The fourth-order valence-electron chi connectivity index (χ4n) is 9.98. The van der Waals surface area contributed by atoms with Gasteiger partial charge in [-0.3, -0.25) is 0 Å². The van der Waals surface area contributed by atoms with Crippen molar-refractivity contribution in [1.29, 1.82) is 0 Å². The van der Waals surface area contributed by atoms with Crippen LogP contribution >= 0.6 is 11.6 Å². The Morgan fingerprint density at radius 3 is 1.88 bits per heavy atom. The van der Waals surface area contributed by atoms with Crippen molar-refractivity contribution in [2.45, 2.75) is 0 Å². The number of aromatic nitrogens is 4. The van der Waals surface area contributed by atoms with Crippen LogP contribution in [0.1, 0.15) is 0 Å². The third kappa shape index (κ3) is 5.30. The average Bonchev–Trinajstić information content (AvgIpc) is 4.03. The summed E-state index contributed by atoms with van der Waals surface area (Å²) in [5.41, 5.74) is 11.6. The van der Waals surface area contributed by atoms with Crippen molar-refractivity contribution in [3.8, 4) is 45.0 Å². The van der Waals surface area contributed by atoms with Gasteiger partial charge in [0.05, 0.1) is 5.52 Å². The van der Waals surface area contributed by atoms with E-state index in [-0.39, 0.29) is 5.28 Å². The number of furan rings is 2. The highest BCUT2D eigenvalue weighted by Crippen LogP contribution is 2.44. The third-order valence-electron chi connectivity index (χ3n) is 13.0. The van der Waals surface area contributed by atoms with E-state index in [1.807, 2.05) is 30.3 Å². The van der Waals surface area contributed by atoms with Crippen LogP contribution in [-0.4, -0.2) is 19.9 Å². The molecular weight excluding hydrogens is 808 g/mol. The lowest BCUT2D eigenvalue weighted by atomic mass is 9.94. The maximum atomic E-state index is 6.82. The fraction of sp³-hybridized carbons (Fsp3) is 0. The summed E-state index contributed by atoms with van der Waals surface area (Å²) in [5, 5.41) is 13.8. The molecule has 0 aliphatic heterocycles. The zero-order valence-corrected chi connectivity index (χ0v) is 34.6. The Kier molecular flexibility index (Phi) is 7.36. The molecule has 298 valence electrons. The van der Waals surface area contributed by atoms with Crippen molar-refractivity contribution in [3.63, 3.8) is 0 Å². The monoisotopic (exact) mass is 838 g/mol. The Morgan fingerprint density at radius 2 is 1.03 bits per heavy atom. The van der Waals surface area contributed by atoms with Gasteiger partial charge in [-0.2, -0.15) is 9.97 Å². The Morgan fingerprint density at radius 1 is 0.375 bits per heavy atom. The maximum Gasteiger partial charge on any atom is 0.226 e. The second kappa shape index (κ2) is 13.3. The second-order valence-corrected chi connectivity index (χ2v) is 16.9. The molecule has 4 aromatic heterocycles. The summed E-state index contributed by atoms with van der Waals surface area (Å²) in [6, 6.07) is 63.9. The van der Waals surface area contributed by atoms with E-state index in [1.165, 1.54) is 21.5 Å². The van der Waals surface area contributed by atoms with Crippen LogP contribution in [0.4, 0.5) is 0 Å². The van der Waals surface area contributed by atoms with Crippen molar-refractivity contribution in [1.82, 2.24) is 19.9 Å². The van der Waals surface area contributed by atoms with Crippen molar-refractivity contribution < 1.29 is 8.83 Å². The van der Waals surface area contributed by atoms with E-state index in [9.17, 15) is 0 Å². The first kappa shape index (κ1) is 35.3. The lowest BCUT2D eigenvalue weighted by Crippen LogP contribution is -1.97. The summed E-state index contributed by atoms with van der Waals surface area (Å²) in [6.07, 6.45) is 0. The van der Waals surface area contributed by atoms with Crippen LogP contribution in [0.25, 0.3) is 143 Å². The number of hydrogen-bond donors (Lipinski definition) is 1. The maximum absolute atomic E-state index is 6.82. The molecule has 14 rings (SSSR count). The number of halogens is 1. The highest BCUT2D eigenvalue weighted by Gasteiger charge is 2.20. The zero-order valence-electron chi connectivity index (χ0n) is 33.9. The number of aromatic amines is 1. The van der Waals surface area contributed by atoms with Gasteiger partial charge in [0.1, 0.15) is 22.3 Å². The van der Waals surface area contributed by atoms with Gasteiger partial charge in [-0.1, -0.05) is 133 Å². The Labute approximate surface area is 369 Å². The second-order valence-electron chi connectivity index (χ2n) is 16.6. The molecule has 0 aliphatic carbocycles. The van der Waals surface area contributed by atoms with Crippen molar-refractivity contribution in [2.75, 3.05) is 0 Å². The van der Waals surface area contributed by atoms with Crippen LogP contribution in [0.3, 0.4) is 0 Å². The van der Waals surface area contributed by atoms with E-state index >= 15 is 0 Å². The number of rotatable bonds is 4. The minimum Gasteiger partial charge on any atom is -0.456 e. The van der Waals surface area contributed by atoms with Gasteiger partial charge in [0.15, 0.2) is 11.6 Å². The van der Waals surface area contributed by atoms with E-state index in [4.69, 9.17) is 25.4 Å². The topological polar surface area (TPSA) is 80.7 Å². The number of fused-ring (bicyclic) bond motifs is 13. The number of nitrogens with zero attached hydrogens (tertiary/aromatic N) is 3. The minimum absolute atomic E-state index is 0.135. The molecule has 10 aromatic carbocycles. The van der Waals surface area contributed by atoms with E-state index in [1.54, 1.807) is 0 Å². The molecule has 0 amide bonds. The summed E-state index contributed by atoms with van der Waals surface area (Å²) in [7, 11) is 0. The summed E-state index contributed by atoms with van der Waals surface area (Å²) in [5.74, 6) is 0.999. The van der Waals surface area contributed by atoms with Gasteiger partial charge in [-0.15, -0.1) is 0 Å². The largest absolute Gasteiger partial charge is 0.456 e. The first-order chi connectivity index (χ1) is 31.6. The minimum atomic E-state index is 0.135. The molecule has 0 bridgehead atoms. The molecule has 1 N–H and O–H groups in total. The molecule has 14 aromatic rings. The molecule has 0 atom stereocenters. The van der Waals surface area contributed by atoms with Gasteiger partial charge in [-0.25, -0.2) is 4.98 Å². The van der Waals surface area contributed by atoms with Gasteiger partial charge >= 0.3 is 0 Å². The molecule has 4 heterocycles. The molecule has 0 fully saturated rings. The van der Waals surface area contributed by atoms with Crippen LogP contribution in [-0.2, 0) is 0 Å². The first-order valence-corrected chi connectivity index (χ1v) is 21.6. The highest BCUT2D eigenvalue weighted by molar-refractivity contribution is 6.28. The summed E-state index contributed by atoms with van der Waals surface area (Å²) in [6.45, 7) is 0. The molecule has 0 saturated heterocycles. The Balaban J connectivity index is 0.861. The number of hydrogen-bond acceptors (Lipinski definition) is 5. The lowest BCUT2D eigenvalue weighted by Gasteiger charge is -2.08. The van der Waals surface area contributed by atoms with Crippen molar-refractivity contribution in [2.24, 2.45) is 0 Å². The van der Waals surface area contributed by atoms with Crippen LogP contribution in [0.5, 0.6) is 0 Å². The molecule has 0 saturated carbocycles. The molecule has 0 aliphatic rings. The summed E-state index contributed by atoms with van der Waals surface area (Å²) in [4.78, 5) is 17.6. The van der Waals surface area contributed by atoms with Crippen LogP contribution < -0.4 is 0 Å². The van der Waals surface area contributed by atoms with E-state index in [0.29, 0.717) is 11.6 Å². The molecule has 0 unspecified atom stereocenters. The number of para-hydroxylation sites is 2. The van der Waals surface area contributed by atoms with Crippen molar-refractivity contribution in [3.05, 3.63) is 187 Å². The smallest absolute Gasteiger partial charge is 0.226 e. The number of nitrogens with one attached hydrogen (secondary N) is 1. The predicted octanol–water partition coefficient (Wildman–Crippen LogP) is 16.1. The summed E-state index contributed by atoms with van der Waals surface area (Å²) < 4.78 is 13.3. The number of H-pyrrole nitrogens is 1. The average molecular weight is 839 g/mol. The van der Waals surface area contributed by atoms with Crippen LogP contribution in [0, 0.1) is 0 Å². The van der Waals surface area contributed by atoms with Gasteiger partial charge in [0.2, 0.25) is 5.28 Å². The summed E-state index contributed by atoms with van der Waals surface area (Å²) >= 11 is 6.51. The van der Waals surface area contributed by atoms with E-state index in [0.717, 1.165) is 110 Å². The standard InChI is InChI=1S/C57H31ClN4O2/c58-57-61-55(36-19-18-31-8-1-2-9-32(31)26-36)60-56(62-57)37-20-22-40-47-28-35(21-24-49(47)63-51(40)30-37)38-12-5-13-41-39(38)23-25-50-52(41)45-17-7-16-44(54(45)64-50)42-14-6-15-43-46-27-33-10-3-4-11-34(33)29-48(46)59-53(42)43/h1-30,59H. The predicted molar refractivity (Wildman–Crippen MR) is 263 cm³/mol. The first-order valence-electron chi connectivity index (χ1n) is 21.3. The Hall–Kier alpha value is -8.32. The van der Waals surface area contributed by atoms with Gasteiger partial charge < -0.3 is 13.8 Å².